The third-order valence-corrected chi connectivity index (χ3v) is 4.32. The third kappa shape index (κ3) is 2.33. The van der Waals surface area contributed by atoms with Gasteiger partial charge in [-0.15, -0.1) is 11.3 Å². The van der Waals surface area contributed by atoms with Gasteiger partial charge in [0.25, 0.3) is 0 Å². The van der Waals surface area contributed by atoms with E-state index in [1.807, 2.05) is 25.1 Å². The van der Waals surface area contributed by atoms with E-state index in [1.165, 1.54) is 4.88 Å². The first kappa shape index (κ1) is 12.5. The third-order valence-electron chi connectivity index (χ3n) is 2.86. The largest absolute Gasteiger partial charge is 0.250 e. The molecule has 96 valence electrons. The first-order chi connectivity index (χ1) is 9.17. The summed E-state index contributed by atoms with van der Waals surface area (Å²) < 4.78 is 0. The van der Waals surface area contributed by atoms with Crippen molar-refractivity contribution in [1.82, 2.24) is 15.0 Å². The summed E-state index contributed by atoms with van der Waals surface area (Å²) in [4.78, 5) is 15.6. The molecule has 0 aromatic carbocycles. The van der Waals surface area contributed by atoms with E-state index in [-0.39, 0.29) is 0 Å². The van der Waals surface area contributed by atoms with Crippen molar-refractivity contribution in [3.05, 3.63) is 40.0 Å². The van der Waals surface area contributed by atoms with E-state index in [9.17, 15) is 0 Å². The van der Waals surface area contributed by atoms with Crippen molar-refractivity contribution in [3.63, 3.8) is 0 Å². The van der Waals surface area contributed by atoms with Gasteiger partial charge in [-0.05, 0) is 31.5 Å². The van der Waals surface area contributed by atoms with Crippen LogP contribution in [0.5, 0.6) is 0 Å². The summed E-state index contributed by atoms with van der Waals surface area (Å²) in [6.07, 6.45) is 0.982. The monoisotopic (exact) mass is 289 g/mol. The zero-order valence-electron chi connectivity index (χ0n) is 10.6. The molecule has 0 N–H and O–H groups in total. The summed E-state index contributed by atoms with van der Waals surface area (Å²) >= 11 is 7.91. The maximum atomic E-state index is 6.25. The molecule has 0 bridgehead atoms. The SMILES string of the molecule is CCc1cc2c(Cl)nc(-c3cccc(C)n3)nc2s1. The van der Waals surface area contributed by atoms with Gasteiger partial charge >= 0.3 is 0 Å². The van der Waals surface area contributed by atoms with Gasteiger partial charge in [-0.1, -0.05) is 24.6 Å². The number of aromatic nitrogens is 3. The molecule has 0 amide bonds. The zero-order valence-corrected chi connectivity index (χ0v) is 12.2. The Balaban J connectivity index is 2.20. The Morgan fingerprint density at radius 3 is 2.79 bits per heavy atom. The Morgan fingerprint density at radius 2 is 2.05 bits per heavy atom. The van der Waals surface area contributed by atoms with E-state index in [1.54, 1.807) is 11.3 Å². The van der Waals surface area contributed by atoms with Crippen LogP contribution in [0.25, 0.3) is 21.7 Å². The molecule has 0 aliphatic heterocycles. The van der Waals surface area contributed by atoms with Crippen molar-refractivity contribution in [2.75, 3.05) is 0 Å². The molecule has 5 heteroatoms. The highest BCUT2D eigenvalue weighted by molar-refractivity contribution is 7.18. The van der Waals surface area contributed by atoms with Gasteiger partial charge in [0, 0.05) is 16.0 Å². The second-order valence-corrected chi connectivity index (χ2v) is 5.76. The molecular formula is C14H12ClN3S. The number of fused-ring (bicyclic) bond motifs is 1. The highest BCUT2D eigenvalue weighted by Gasteiger charge is 2.11. The standard InChI is InChI=1S/C14H12ClN3S/c1-3-9-7-10-12(15)17-13(18-14(10)19-9)11-6-4-5-8(2)16-11/h4-7H,3H2,1-2H3. The van der Waals surface area contributed by atoms with Gasteiger partial charge in [-0.3, -0.25) is 0 Å². The van der Waals surface area contributed by atoms with Crippen molar-refractivity contribution in [1.29, 1.82) is 0 Å². The summed E-state index contributed by atoms with van der Waals surface area (Å²) in [6, 6.07) is 7.86. The normalized spacial score (nSPS) is 11.1. The molecule has 0 aliphatic carbocycles. The molecule has 3 nitrogen and oxygen atoms in total. The lowest BCUT2D eigenvalue weighted by atomic mass is 10.3. The molecule has 0 saturated carbocycles. The lowest BCUT2D eigenvalue weighted by Gasteiger charge is -2.01. The van der Waals surface area contributed by atoms with Gasteiger partial charge in [-0.25, -0.2) is 15.0 Å². The van der Waals surface area contributed by atoms with Gasteiger partial charge in [-0.2, -0.15) is 0 Å². The molecule has 0 aliphatic rings. The minimum atomic E-state index is 0.499. The summed E-state index contributed by atoms with van der Waals surface area (Å²) in [7, 11) is 0. The molecule has 3 rings (SSSR count). The maximum absolute atomic E-state index is 6.25. The minimum Gasteiger partial charge on any atom is -0.250 e. The molecule has 0 radical (unpaired) electrons. The number of halogens is 1. The quantitative estimate of drug-likeness (QED) is 0.661. The van der Waals surface area contributed by atoms with Crippen LogP contribution >= 0.6 is 22.9 Å². The molecule has 0 atom stereocenters. The van der Waals surface area contributed by atoms with Gasteiger partial charge in [0.1, 0.15) is 15.7 Å². The number of nitrogens with zero attached hydrogens (tertiary/aromatic N) is 3. The molecular weight excluding hydrogens is 278 g/mol. The Morgan fingerprint density at radius 1 is 1.21 bits per heavy atom. The van der Waals surface area contributed by atoms with Crippen molar-refractivity contribution in [2.24, 2.45) is 0 Å². The number of aryl methyl sites for hydroxylation is 2. The smallest absolute Gasteiger partial charge is 0.180 e. The maximum Gasteiger partial charge on any atom is 0.180 e. The first-order valence-electron chi connectivity index (χ1n) is 6.07. The number of hydrogen-bond acceptors (Lipinski definition) is 4. The predicted octanol–water partition coefficient (Wildman–Crippen LogP) is 4.28. The Kier molecular flexibility index (Phi) is 3.21. The first-order valence-corrected chi connectivity index (χ1v) is 7.27. The fourth-order valence-corrected chi connectivity index (χ4v) is 3.14. The van der Waals surface area contributed by atoms with Crippen LogP contribution in [0.1, 0.15) is 17.5 Å². The fraction of sp³-hybridized carbons (Fsp3) is 0.214. The number of hydrogen-bond donors (Lipinski definition) is 0. The Bertz CT molecular complexity index is 752. The molecule has 19 heavy (non-hydrogen) atoms. The number of rotatable bonds is 2. The lowest BCUT2D eigenvalue weighted by Crippen LogP contribution is -1.93. The van der Waals surface area contributed by atoms with E-state index in [0.29, 0.717) is 11.0 Å². The minimum absolute atomic E-state index is 0.499. The van der Waals surface area contributed by atoms with Crippen LogP contribution in [0.2, 0.25) is 5.15 Å². The average Bonchev–Trinajstić information content (AvgIpc) is 2.82. The van der Waals surface area contributed by atoms with Crippen molar-refractivity contribution < 1.29 is 0 Å². The van der Waals surface area contributed by atoms with E-state index in [2.05, 4.69) is 27.9 Å². The van der Waals surface area contributed by atoms with Crippen LogP contribution in [-0.4, -0.2) is 15.0 Å². The predicted molar refractivity (Wildman–Crippen MR) is 79.8 cm³/mol. The highest BCUT2D eigenvalue weighted by Crippen LogP contribution is 2.30. The van der Waals surface area contributed by atoms with E-state index < -0.39 is 0 Å². The van der Waals surface area contributed by atoms with Crippen LogP contribution in [0.3, 0.4) is 0 Å². The van der Waals surface area contributed by atoms with Gasteiger partial charge in [0.05, 0.1) is 0 Å². The summed E-state index contributed by atoms with van der Waals surface area (Å²) in [5, 5.41) is 1.43. The molecule has 3 heterocycles. The molecule has 0 fully saturated rings. The van der Waals surface area contributed by atoms with Crippen molar-refractivity contribution in [3.8, 4) is 11.5 Å². The number of thiophene rings is 1. The van der Waals surface area contributed by atoms with Crippen molar-refractivity contribution >= 4 is 33.2 Å². The molecule has 0 saturated heterocycles. The second kappa shape index (κ2) is 4.87. The van der Waals surface area contributed by atoms with Gasteiger partial charge < -0.3 is 0 Å². The van der Waals surface area contributed by atoms with E-state index in [4.69, 9.17) is 11.6 Å². The van der Waals surface area contributed by atoms with Gasteiger partial charge in [0.2, 0.25) is 0 Å². The van der Waals surface area contributed by atoms with E-state index in [0.717, 1.165) is 28.0 Å². The molecule has 3 aromatic rings. The van der Waals surface area contributed by atoms with Crippen molar-refractivity contribution in [2.45, 2.75) is 20.3 Å². The number of pyridine rings is 1. The van der Waals surface area contributed by atoms with E-state index >= 15 is 0 Å². The molecule has 0 spiro atoms. The summed E-state index contributed by atoms with van der Waals surface area (Å²) in [5.74, 6) is 0.589. The van der Waals surface area contributed by atoms with Crippen LogP contribution in [0.15, 0.2) is 24.3 Å². The topological polar surface area (TPSA) is 38.7 Å². The van der Waals surface area contributed by atoms with Crippen LogP contribution in [0, 0.1) is 6.92 Å². The van der Waals surface area contributed by atoms with Crippen LogP contribution < -0.4 is 0 Å². The lowest BCUT2D eigenvalue weighted by molar-refractivity contribution is 1.14. The van der Waals surface area contributed by atoms with Crippen LogP contribution in [0.4, 0.5) is 0 Å². The van der Waals surface area contributed by atoms with Gasteiger partial charge in [0.15, 0.2) is 5.82 Å². The zero-order chi connectivity index (χ0) is 13.4. The fourth-order valence-electron chi connectivity index (χ4n) is 1.89. The Hall–Kier alpha value is -1.52. The second-order valence-electron chi connectivity index (χ2n) is 4.29. The summed E-state index contributed by atoms with van der Waals surface area (Å²) in [5.41, 5.74) is 1.70. The summed E-state index contributed by atoms with van der Waals surface area (Å²) in [6.45, 7) is 4.07. The Labute approximate surface area is 120 Å². The molecule has 0 unspecified atom stereocenters. The van der Waals surface area contributed by atoms with Crippen LogP contribution in [-0.2, 0) is 6.42 Å². The highest BCUT2D eigenvalue weighted by atomic mass is 35.5. The molecule has 3 aromatic heterocycles. The average molecular weight is 290 g/mol.